The van der Waals surface area contributed by atoms with E-state index in [9.17, 15) is 0 Å². The molecule has 4 heteroatoms. The number of ether oxygens (including phenoxy) is 1. The summed E-state index contributed by atoms with van der Waals surface area (Å²) in [6.07, 6.45) is 3.74. The van der Waals surface area contributed by atoms with Crippen LogP contribution in [0.15, 0.2) is 30.6 Å². The molecule has 1 aromatic heterocycles. The summed E-state index contributed by atoms with van der Waals surface area (Å²) < 4.78 is 6.94. The van der Waals surface area contributed by atoms with Gasteiger partial charge in [-0.15, -0.1) is 0 Å². The van der Waals surface area contributed by atoms with Crippen LogP contribution in [0.3, 0.4) is 0 Å². The van der Waals surface area contributed by atoms with Crippen LogP contribution >= 0.6 is 0 Å². The van der Waals surface area contributed by atoms with Crippen LogP contribution in [0.4, 0.5) is 0 Å². The number of benzene rings is 1. The SMILES string of the molecule is COc1ccc(C(N)c2cnn(C)c2)c(C)c1. The van der Waals surface area contributed by atoms with Crippen LogP contribution in [-0.4, -0.2) is 16.9 Å². The normalized spacial score (nSPS) is 12.5. The lowest BCUT2D eigenvalue weighted by molar-refractivity contribution is 0.414. The van der Waals surface area contributed by atoms with Crippen LogP contribution in [0.5, 0.6) is 5.75 Å². The molecule has 0 aliphatic carbocycles. The number of hydrogen-bond donors (Lipinski definition) is 1. The van der Waals surface area contributed by atoms with Crippen LogP contribution in [-0.2, 0) is 7.05 Å². The molecule has 0 bridgehead atoms. The fourth-order valence-corrected chi connectivity index (χ4v) is 1.90. The molecule has 1 unspecified atom stereocenters. The van der Waals surface area contributed by atoms with E-state index in [2.05, 4.69) is 5.10 Å². The maximum absolute atomic E-state index is 6.23. The molecule has 1 heterocycles. The van der Waals surface area contributed by atoms with E-state index in [1.54, 1.807) is 18.0 Å². The molecule has 0 radical (unpaired) electrons. The van der Waals surface area contributed by atoms with E-state index in [-0.39, 0.29) is 6.04 Å². The van der Waals surface area contributed by atoms with E-state index < -0.39 is 0 Å². The van der Waals surface area contributed by atoms with Gasteiger partial charge in [0, 0.05) is 18.8 Å². The number of aryl methyl sites for hydroxylation is 2. The van der Waals surface area contributed by atoms with Gasteiger partial charge in [-0.2, -0.15) is 5.10 Å². The molecule has 2 aromatic rings. The number of rotatable bonds is 3. The minimum Gasteiger partial charge on any atom is -0.497 e. The van der Waals surface area contributed by atoms with Crippen molar-refractivity contribution in [1.29, 1.82) is 0 Å². The molecule has 2 rings (SSSR count). The largest absolute Gasteiger partial charge is 0.497 e. The van der Waals surface area contributed by atoms with Gasteiger partial charge in [0.05, 0.1) is 19.3 Å². The molecule has 1 atom stereocenters. The zero-order valence-corrected chi connectivity index (χ0v) is 10.3. The highest BCUT2D eigenvalue weighted by molar-refractivity contribution is 5.40. The van der Waals surface area contributed by atoms with Gasteiger partial charge in [0.2, 0.25) is 0 Å². The molecule has 0 saturated carbocycles. The summed E-state index contributed by atoms with van der Waals surface area (Å²) in [6.45, 7) is 2.04. The maximum atomic E-state index is 6.23. The van der Waals surface area contributed by atoms with E-state index in [1.807, 2.05) is 38.4 Å². The average Bonchev–Trinajstić information content (AvgIpc) is 2.75. The standard InChI is InChI=1S/C13H17N3O/c1-9-6-11(17-3)4-5-12(9)13(14)10-7-15-16(2)8-10/h4-8,13H,14H2,1-3H3. The van der Waals surface area contributed by atoms with Crippen molar-refractivity contribution >= 4 is 0 Å². The zero-order valence-electron chi connectivity index (χ0n) is 10.3. The average molecular weight is 231 g/mol. The van der Waals surface area contributed by atoms with E-state index >= 15 is 0 Å². The molecular weight excluding hydrogens is 214 g/mol. The van der Waals surface area contributed by atoms with Gasteiger partial charge in [-0.25, -0.2) is 0 Å². The summed E-state index contributed by atoms with van der Waals surface area (Å²) in [5.74, 6) is 0.852. The van der Waals surface area contributed by atoms with Crippen LogP contribution in [0.1, 0.15) is 22.7 Å². The van der Waals surface area contributed by atoms with Gasteiger partial charge in [-0.05, 0) is 30.2 Å². The van der Waals surface area contributed by atoms with Crippen molar-refractivity contribution in [3.63, 3.8) is 0 Å². The fourth-order valence-electron chi connectivity index (χ4n) is 1.90. The second-order valence-corrected chi connectivity index (χ2v) is 4.15. The summed E-state index contributed by atoms with van der Waals surface area (Å²) in [6, 6.07) is 5.78. The molecule has 1 aromatic carbocycles. The summed E-state index contributed by atoms with van der Waals surface area (Å²) in [5.41, 5.74) is 9.46. The van der Waals surface area contributed by atoms with Gasteiger partial charge in [-0.1, -0.05) is 6.07 Å². The third-order valence-corrected chi connectivity index (χ3v) is 2.90. The zero-order chi connectivity index (χ0) is 12.4. The van der Waals surface area contributed by atoms with Crippen molar-refractivity contribution in [3.05, 3.63) is 47.3 Å². The topological polar surface area (TPSA) is 53.1 Å². The first-order valence-corrected chi connectivity index (χ1v) is 5.50. The molecule has 0 aliphatic rings. The summed E-state index contributed by atoms with van der Waals surface area (Å²) in [7, 11) is 3.55. The molecule has 0 saturated heterocycles. The molecule has 0 fully saturated rings. The van der Waals surface area contributed by atoms with Gasteiger partial charge in [-0.3, -0.25) is 4.68 Å². The molecule has 4 nitrogen and oxygen atoms in total. The number of aromatic nitrogens is 2. The molecule has 0 amide bonds. The Labute approximate surface area is 101 Å². The monoisotopic (exact) mass is 231 g/mol. The lowest BCUT2D eigenvalue weighted by Crippen LogP contribution is -2.12. The molecule has 0 aliphatic heterocycles. The van der Waals surface area contributed by atoms with Crippen molar-refractivity contribution in [1.82, 2.24) is 9.78 Å². The van der Waals surface area contributed by atoms with Crippen molar-refractivity contribution in [2.45, 2.75) is 13.0 Å². The minimum absolute atomic E-state index is 0.144. The van der Waals surface area contributed by atoms with Gasteiger partial charge >= 0.3 is 0 Å². The predicted molar refractivity (Wildman–Crippen MR) is 67.0 cm³/mol. The third kappa shape index (κ3) is 2.31. The molecule has 90 valence electrons. The Balaban J connectivity index is 2.34. The first-order valence-electron chi connectivity index (χ1n) is 5.50. The van der Waals surface area contributed by atoms with E-state index in [0.717, 1.165) is 22.4 Å². The quantitative estimate of drug-likeness (QED) is 0.876. The van der Waals surface area contributed by atoms with E-state index in [1.165, 1.54) is 0 Å². The highest BCUT2D eigenvalue weighted by atomic mass is 16.5. The number of methoxy groups -OCH3 is 1. The number of nitrogens with two attached hydrogens (primary N) is 1. The van der Waals surface area contributed by atoms with Crippen molar-refractivity contribution in [3.8, 4) is 5.75 Å². The molecule has 0 spiro atoms. The highest BCUT2D eigenvalue weighted by Gasteiger charge is 2.13. The van der Waals surface area contributed by atoms with Crippen LogP contribution < -0.4 is 10.5 Å². The third-order valence-electron chi connectivity index (χ3n) is 2.90. The van der Waals surface area contributed by atoms with Crippen molar-refractivity contribution in [2.24, 2.45) is 12.8 Å². The minimum atomic E-state index is -0.144. The Morgan fingerprint density at radius 2 is 2.18 bits per heavy atom. The number of hydrogen-bond acceptors (Lipinski definition) is 3. The van der Waals surface area contributed by atoms with Gasteiger partial charge < -0.3 is 10.5 Å². The Bertz CT molecular complexity index is 519. The van der Waals surface area contributed by atoms with Crippen molar-refractivity contribution in [2.75, 3.05) is 7.11 Å². The lowest BCUT2D eigenvalue weighted by atomic mass is 9.98. The molecule has 2 N–H and O–H groups in total. The summed E-state index contributed by atoms with van der Waals surface area (Å²) in [5, 5.41) is 4.14. The summed E-state index contributed by atoms with van der Waals surface area (Å²) in [4.78, 5) is 0. The molecular formula is C13H17N3O. The predicted octanol–water partition coefficient (Wildman–Crippen LogP) is 1.79. The Morgan fingerprint density at radius 3 is 2.71 bits per heavy atom. The smallest absolute Gasteiger partial charge is 0.119 e. The second kappa shape index (κ2) is 4.59. The fraction of sp³-hybridized carbons (Fsp3) is 0.308. The van der Waals surface area contributed by atoms with Gasteiger partial charge in [0.25, 0.3) is 0 Å². The van der Waals surface area contributed by atoms with Crippen molar-refractivity contribution < 1.29 is 4.74 Å². The van der Waals surface area contributed by atoms with E-state index in [4.69, 9.17) is 10.5 Å². The van der Waals surface area contributed by atoms with Gasteiger partial charge in [0.15, 0.2) is 0 Å². The number of nitrogens with zero attached hydrogens (tertiary/aromatic N) is 2. The molecule has 17 heavy (non-hydrogen) atoms. The summed E-state index contributed by atoms with van der Waals surface area (Å²) >= 11 is 0. The van der Waals surface area contributed by atoms with Gasteiger partial charge in [0.1, 0.15) is 5.75 Å². The lowest BCUT2D eigenvalue weighted by Gasteiger charge is -2.14. The highest BCUT2D eigenvalue weighted by Crippen LogP contribution is 2.25. The van der Waals surface area contributed by atoms with E-state index in [0.29, 0.717) is 0 Å². The second-order valence-electron chi connectivity index (χ2n) is 4.15. The van der Waals surface area contributed by atoms with Crippen LogP contribution in [0.2, 0.25) is 0 Å². The first kappa shape index (κ1) is 11.7. The van der Waals surface area contributed by atoms with Crippen LogP contribution in [0, 0.1) is 6.92 Å². The Morgan fingerprint density at radius 1 is 1.41 bits per heavy atom. The maximum Gasteiger partial charge on any atom is 0.119 e. The Kier molecular flexibility index (Phi) is 3.15. The first-order chi connectivity index (χ1) is 8.11. The van der Waals surface area contributed by atoms with Crippen LogP contribution in [0.25, 0.3) is 0 Å². The Hall–Kier alpha value is -1.81.